The van der Waals surface area contributed by atoms with Gasteiger partial charge >= 0.3 is 0 Å². The predicted octanol–water partition coefficient (Wildman–Crippen LogP) is 1.58. The van der Waals surface area contributed by atoms with Gasteiger partial charge in [-0.2, -0.15) is 10.2 Å². The fraction of sp³-hybridized carbons (Fsp3) is 0.294. The summed E-state index contributed by atoms with van der Waals surface area (Å²) in [6, 6.07) is 11.9. The quantitative estimate of drug-likeness (QED) is 0.734. The van der Waals surface area contributed by atoms with Crippen LogP contribution < -0.4 is 0 Å². The van der Waals surface area contributed by atoms with Crippen molar-refractivity contribution in [2.45, 2.75) is 20.0 Å². The highest BCUT2D eigenvalue weighted by Crippen LogP contribution is 2.21. The Bertz CT molecular complexity index is 895. The number of aromatic nitrogens is 5. The molecule has 0 fully saturated rings. The van der Waals surface area contributed by atoms with Crippen LogP contribution in [0, 0.1) is 6.92 Å². The Morgan fingerprint density at radius 1 is 1.12 bits per heavy atom. The number of likely N-dealkylation sites (N-methyl/N-ethyl adjacent to an activating group) is 1. The summed E-state index contributed by atoms with van der Waals surface area (Å²) in [5, 5.41) is 9.05. The molecule has 24 heavy (non-hydrogen) atoms. The van der Waals surface area contributed by atoms with Gasteiger partial charge in [-0.05, 0) is 12.5 Å². The van der Waals surface area contributed by atoms with Gasteiger partial charge in [0.25, 0.3) is 5.91 Å². The molecule has 4 rings (SSSR count). The van der Waals surface area contributed by atoms with Crippen LogP contribution >= 0.6 is 0 Å². The second-order valence-electron chi connectivity index (χ2n) is 5.99. The number of aryl methyl sites for hydroxylation is 1. The molecule has 122 valence electrons. The van der Waals surface area contributed by atoms with Crippen LogP contribution in [-0.4, -0.2) is 48.9 Å². The van der Waals surface area contributed by atoms with Gasteiger partial charge in [-0.3, -0.25) is 9.48 Å². The van der Waals surface area contributed by atoms with Gasteiger partial charge in [0, 0.05) is 19.7 Å². The van der Waals surface area contributed by atoms with E-state index >= 15 is 0 Å². The van der Waals surface area contributed by atoms with Crippen molar-refractivity contribution in [2.75, 3.05) is 13.6 Å². The lowest BCUT2D eigenvalue weighted by Crippen LogP contribution is -2.37. The first-order valence-corrected chi connectivity index (χ1v) is 7.91. The minimum Gasteiger partial charge on any atom is -0.339 e. The van der Waals surface area contributed by atoms with Crippen molar-refractivity contribution in [3.05, 3.63) is 53.5 Å². The lowest BCUT2D eigenvalue weighted by Gasteiger charge is -2.22. The standard InChI is InChI=1S/C17H18N6O/c1-12-18-16(23(19-12)11-13-6-4-3-5-7-13)14-10-15-17(24)21(2)8-9-22(15)20-14/h3-7,10H,8-9,11H2,1-2H3. The maximum absolute atomic E-state index is 12.3. The van der Waals surface area contributed by atoms with Crippen molar-refractivity contribution in [2.24, 2.45) is 0 Å². The minimum atomic E-state index is -0.00848. The van der Waals surface area contributed by atoms with Crippen LogP contribution in [-0.2, 0) is 13.1 Å². The molecule has 0 unspecified atom stereocenters. The van der Waals surface area contributed by atoms with Gasteiger partial charge in [-0.1, -0.05) is 30.3 Å². The Balaban J connectivity index is 1.73. The first kappa shape index (κ1) is 14.6. The van der Waals surface area contributed by atoms with E-state index in [0.29, 0.717) is 42.7 Å². The van der Waals surface area contributed by atoms with Gasteiger partial charge < -0.3 is 4.90 Å². The zero-order valence-corrected chi connectivity index (χ0v) is 13.7. The fourth-order valence-electron chi connectivity index (χ4n) is 2.92. The van der Waals surface area contributed by atoms with Crippen LogP contribution in [0.1, 0.15) is 21.9 Å². The molecule has 0 bridgehead atoms. The molecule has 3 heterocycles. The van der Waals surface area contributed by atoms with Gasteiger partial charge in [0.15, 0.2) is 5.82 Å². The number of rotatable bonds is 3. The summed E-state index contributed by atoms with van der Waals surface area (Å²) >= 11 is 0. The number of carbonyl (C=O) groups is 1. The number of benzene rings is 1. The Hall–Kier alpha value is -2.96. The number of hydrogen-bond acceptors (Lipinski definition) is 4. The molecule has 0 saturated carbocycles. The zero-order valence-electron chi connectivity index (χ0n) is 13.7. The second kappa shape index (κ2) is 5.59. The van der Waals surface area contributed by atoms with Crippen molar-refractivity contribution >= 4 is 5.91 Å². The van der Waals surface area contributed by atoms with Crippen LogP contribution in [0.25, 0.3) is 11.5 Å². The fourth-order valence-corrected chi connectivity index (χ4v) is 2.92. The highest BCUT2D eigenvalue weighted by Gasteiger charge is 2.25. The van der Waals surface area contributed by atoms with E-state index < -0.39 is 0 Å². The zero-order chi connectivity index (χ0) is 16.7. The van der Waals surface area contributed by atoms with E-state index in [1.54, 1.807) is 16.6 Å². The average Bonchev–Trinajstić information content (AvgIpc) is 3.16. The van der Waals surface area contributed by atoms with Crippen LogP contribution in [0.3, 0.4) is 0 Å². The Kier molecular flexibility index (Phi) is 3.41. The number of hydrogen-bond donors (Lipinski definition) is 0. The Morgan fingerprint density at radius 2 is 1.92 bits per heavy atom. The van der Waals surface area contributed by atoms with Gasteiger partial charge in [0.05, 0.1) is 13.1 Å². The second-order valence-corrected chi connectivity index (χ2v) is 5.99. The minimum absolute atomic E-state index is 0.00848. The van der Waals surface area contributed by atoms with Gasteiger partial charge in [-0.25, -0.2) is 9.67 Å². The summed E-state index contributed by atoms with van der Waals surface area (Å²) in [6.07, 6.45) is 0. The van der Waals surface area contributed by atoms with Crippen LogP contribution in [0.15, 0.2) is 36.4 Å². The molecule has 1 amide bonds. The monoisotopic (exact) mass is 322 g/mol. The van der Waals surface area contributed by atoms with Crippen molar-refractivity contribution in [3.8, 4) is 11.5 Å². The molecular weight excluding hydrogens is 304 g/mol. The highest BCUT2D eigenvalue weighted by atomic mass is 16.2. The van der Waals surface area contributed by atoms with E-state index in [0.717, 1.165) is 5.56 Å². The van der Waals surface area contributed by atoms with E-state index in [1.807, 2.05) is 35.9 Å². The number of amides is 1. The van der Waals surface area contributed by atoms with Crippen molar-refractivity contribution < 1.29 is 4.79 Å². The molecule has 1 aliphatic rings. The number of nitrogens with zero attached hydrogens (tertiary/aromatic N) is 6. The molecule has 3 aromatic rings. The molecule has 7 heteroatoms. The van der Waals surface area contributed by atoms with E-state index in [-0.39, 0.29) is 5.91 Å². The molecule has 1 aliphatic heterocycles. The lowest BCUT2D eigenvalue weighted by molar-refractivity contribution is 0.0743. The predicted molar refractivity (Wildman–Crippen MR) is 88.5 cm³/mol. The van der Waals surface area contributed by atoms with Crippen molar-refractivity contribution in [3.63, 3.8) is 0 Å². The van der Waals surface area contributed by atoms with Gasteiger partial charge in [-0.15, -0.1) is 0 Å². The largest absolute Gasteiger partial charge is 0.339 e. The van der Waals surface area contributed by atoms with E-state index in [1.165, 1.54) is 0 Å². The summed E-state index contributed by atoms with van der Waals surface area (Å²) in [5.74, 6) is 1.37. The van der Waals surface area contributed by atoms with Gasteiger partial charge in [0.1, 0.15) is 17.2 Å². The maximum Gasteiger partial charge on any atom is 0.271 e. The summed E-state index contributed by atoms with van der Waals surface area (Å²) in [5.41, 5.74) is 2.43. The summed E-state index contributed by atoms with van der Waals surface area (Å²) in [6.45, 7) is 3.85. The normalized spacial score (nSPS) is 14.1. The molecular formula is C17H18N6O. The molecule has 0 saturated heterocycles. The third-order valence-electron chi connectivity index (χ3n) is 4.17. The molecule has 7 nitrogen and oxygen atoms in total. The molecule has 0 spiro atoms. The van der Waals surface area contributed by atoms with E-state index in [4.69, 9.17) is 0 Å². The Morgan fingerprint density at radius 3 is 2.71 bits per heavy atom. The molecule has 0 aliphatic carbocycles. The smallest absolute Gasteiger partial charge is 0.271 e. The maximum atomic E-state index is 12.3. The van der Waals surface area contributed by atoms with E-state index in [9.17, 15) is 4.79 Å². The van der Waals surface area contributed by atoms with Crippen LogP contribution in [0.2, 0.25) is 0 Å². The third-order valence-corrected chi connectivity index (χ3v) is 4.17. The molecule has 0 radical (unpaired) electrons. The Labute approximate surface area is 139 Å². The lowest BCUT2D eigenvalue weighted by atomic mass is 10.2. The number of fused-ring (bicyclic) bond motifs is 1. The SMILES string of the molecule is Cc1nc(-c2cc3n(n2)CCN(C)C3=O)n(Cc2ccccc2)n1. The van der Waals surface area contributed by atoms with Crippen molar-refractivity contribution in [1.82, 2.24) is 29.4 Å². The van der Waals surface area contributed by atoms with E-state index in [2.05, 4.69) is 27.3 Å². The molecule has 0 N–H and O–H groups in total. The first-order chi connectivity index (χ1) is 11.6. The highest BCUT2D eigenvalue weighted by molar-refractivity contribution is 5.94. The topological polar surface area (TPSA) is 68.8 Å². The summed E-state index contributed by atoms with van der Waals surface area (Å²) in [4.78, 5) is 18.5. The molecule has 2 aromatic heterocycles. The summed E-state index contributed by atoms with van der Waals surface area (Å²) in [7, 11) is 1.81. The molecule has 0 atom stereocenters. The average molecular weight is 322 g/mol. The van der Waals surface area contributed by atoms with Gasteiger partial charge in [0.2, 0.25) is 0 Å². The van der Waals surface area contributed by atoms with Crippen LogP contribution in [0.4, 0.5) is 0 Å². The third kappa shape index (κ3) is 2.47. The number of carbonyl (C=O) groups excluding carboxylic acids is 1. The van der Waals surface area contributed by atoms with Crippen LogP contribution in [0.5, 0.6) is 0 Å². The summed E-state index contributed by atoms with van der Waals surface area (Å²) < 4.78 is 3.60. The van der Waals surface area contributed by atoms with Crippen molar-refractivity contribution in [1.29, 1.82) is 0 Å². The first-order valence-electron chi connectivity index (χ1n) is 7.91. The molecule has 1 aromatic carbocycles.